The molecule has 0 bridgehead atoms. The molecule has 0 saturated carbocycles. The highest BCUT2D eigenvalue weighted by Crippen LogP contribution is 2.18. The number of aromatic nitrogens is 4. The minimum absolute atomic E-state index is 0.575. The number of H-pyrrole nitrogens is 2. The van der Waals surface area contributed by atoms with Gasteiger partial charge in [0.25, 0.3) is 0 Å². The Labute approximate surface area is 125 Å². The third kappa shape index (κ3) is 2.32. The summed E-state index contributed by atoms with van der Waals surface area (Å²) in [5.41, 5.74) is 2.72. The van der Waals surface area contributed by atoms with Gasteiger partial charge in [0.1, 0.15) is 17.3 Å². The van der Waals surface area contributed by atoms with E-state index in [1.165, 1.54) is 0 Å². The summed E-state index contributed by atoms with van der Waals surface area (Å²) in [6, 6.07) is 11.6. The number of aromatic amines is 2. The van der Waals surface area contributed by atoms with E-state index in [0.29, 0.717) is 11.6 Å². The molecule has 0 aliphatic heterocycles. The first-order chi connectivity index (χ1) is 10.3. The second-order valence-electron chi connectivity index (χ2n) is 4.81. The predicted octanol–water partition coefficient (Wildman–Crippen LogP) is 3.70. The molecule has 0 aliphatic carbocycles. The first-order valence-electron chi connectivity index (χ1n) is 6.60. The molecule has 0 fully saturated rings. The van der Waals surface area contributed by atoms with Gasteiger partial charge in [0.2, 0.25) is 0 Å². The van der Waals surface area contributed by atoms with E-state index in [9.17, 15) is 0 Å². The average Bonchev–Trinajstić information content (AvgIpc) is 3.09. The lowest BCUT2D eigenvalue weighted by Crippen LogP contribution is -2.02. The molecule has 0 atom stereocenters. The van der Waals surface area contributed by atoms with Crippen molar-refractivity contribution in [1.82, 2.24) is 19.9 Å². The zero-order chi connectivity index (χ0) is 14.2. The Morgan fingerprint density at radius 3 is 3.00 bits per heavy atom. The summed E-state index contributed by atoms with van der Waals surface area (Å²) in [6.07, 6.45) is 1.88. The summed E-state index contributed by atoms with van der Waals surface area (Å²) < 4.78 is 0. The van der Waals surface area contributed by atoms with E-state index in [1.807, 2.05) is 42.6 Å². The number of pyridine rings is 1. The molecule has 0 saturated heterocycles. The third-order valence-corrected chi connectivity index (χ3v) is 3.57. The summed E-state index contributed by atoms with van der Waals surface area (Å²) in [5, 5.41) is 5.06. The van der Waals surface area contributed by atoms with Crippen LogP contribution in [0.25, 0.3) is 22.1 Å². The number of rotatable bonds is 3. The number of nitrogens with zero attached hydrogens (tertiary/aromatic N) is 2. The maximum atomic E-state index is 5.97. The van der Waals surface area contributed by atoms with E-state index in [1.54, 1.807) is 0 Å². The van der Waals surface area contributed by atoms with E-state index < -0.39 is 0 Å². The molecule has 0 amide bonds. The minimum atomic E-state index is 0.575. The molecular formula is C15H12ClN5. The lowest BCUT2D eigenvalue weighted by Gasteiger charge is -2.03. The smallest absolute Gasteiger partial charge is 0.139 e. The van der Waals surface area contributed by atoms with E-state index >= 15 is 0 Å². The van der Waals surface area contributed by atoms with Gasteiger partial charge in [-0.3, -0.25) is 0 Å². The molecule has 6 heteroatoms. The van der Waals surface area contributed by atoms with Gasteiger partial charge in [-0.2, -0.15) is 0 Å². The van der Waals surface area contributed by atoms with E-state index in [4.69, 9.17) is 11.6 Å². The Balaban J connectivity index is 1.56. The van der Waals surface area contributed by atoms with Crippen LogP contribution in [0.3, 0.4) is 0 Å². The average molecular weight is 298 g/mol. The maximum absolute atomic E-state index is 5.97. The summed E-state index contributed by atoms with van der Waals surface area (Å²) in [7, 11) is 0. The molecule has 0 radical (unpaired) electrons. The van der Waals surface area contributed by atoms with Crippen molar-refractivity contribution in [1.29, 1.82) is 0 Å². The zero-order valence-electron chi connectivity index (χ0n) is 11.0. The molecule has 3 heterocycles. The minimum Gasteiger partial charge on any atom is -0.363 e. The van der Waals surface area contributed by atoms with Gasteiger partial charge < -0.3 is 15.3 Å². The van der Waals surface area contributed by atoms with Gasteiger partial charge in [0, 0.05) is 16.6 Å². The highest BCUT2D eigenvalue weighted by Gasteiger charge is 2.04. The summed E-state index contributed by atoms with van der Waals surface area (Å²) in [6.45, 7) is 0.575. The van der Waals surface area contributed by atoms with Gasteiger partial charge in [0.15, 0.2) is 0 Å². The summed E-state index contributed by atoms with van der Waals surface area (Å²) >= 11 is 5.97. The molecule has 0 spiro atoms. The van der Waals surface area contributed by atoms with Crippen LogP contribution in [0.15, 0.2) is 42.6 Å². The van der Waals surface area contributed by atoms with Crippen LogP contribution in [-0.4, -0.2) is 19.9 Å². The molecule has 0 aliphatic rings. The van der Waals surface area contributed by atoms with Crippen molar-refractivity contribution >= 4 is 39.5 Å². The molecule has 1 aromatic carbocycles. The first-order valence-corrected chi connectivity index (χ1v) is 6.98. The van der Waals surface area contributed by atoms with Crippen molar-refractivity contribution in [2.75, 3.05) is 5.32 Å². The fraction of sp³-hybridized carbons (Fsp3) is 0.0667. The number of imidazole rings is 1. The summed E-state index contributed by atoms with van der Waals surface area (Å²) in [4.78, 5) is 15.3. The van der Waals surface area contributed by atoms with Crippen LogP contribution in [-0.2, 0) is 6.54 Å². The number of nitrogens with one attached hydrogen (secondary N) is 3. The normalized spacial score (nSPS) is 11.3. The second kappa shape index (κ2) is 4.79. The highest BCUT2D eigenvalue weighted by atomic mass is 35.5. The molecule has 21 heavy (non-hydrogen) atoms. The number of fused-ring (bicyclic) bond motifs is 2. The topological polar surface area (TPSA) is 69.4 Å². The van der Waals surface area contributed by atoms with Gasteiger partial charge in [-0.25, -0.2) is 9.97 Å². The first kappa shape index (κ1) is 12.2. The predicted molar refractivity (Wildman–Crippen MR) is 84.5 cm³/mol. The van der Waals surface area contributed by atoms with Gasteiger partial charge in [-0.15, -0.1) is 0 Å². The Bertz CT molecular complexity index is 924. The second-order valence-corrected chi connectivity index (χ2v) is 5.25. The van der Waals surface area contributed by atoms with E-state index in [2.05, 4.69) is 25.3 Å². The molecule has 3 aromatic heterocycles. The van der Waals surface area contributed by atoms with Crippen molar-refractivity contribution in [2.45, 2.75) is 6.54 Å². The van der Waals surface area contributed by atoms with Crippen molar-refractivity contribution in [3.05, 3.63) is 53.4 Å². The quantitative estimate of drug-likeness (QED) is 0.540. The number of hydrogen-bond acceptors (Lipinski definition) is 3. The maximum Gasteiger partial charge on any atom is 0.139 e. The van der Waals surface area contributed by atoms with Gasteiger partial charge in [-0.1, -0.05) is 11.6 Å². The van der Waals surface area contributed by atoms with Crippen LogP contribution in [0, 0.1) is 0 Å². The Morgan fingerprint density at radius 2 is 2.05 bits per heavy atom. The van der Waals surface area contributed by atoms with Crippen LogP contribution in [0.2, 0.25) is 5.02 Å². The zero-order valence-corrected chi connectivity index (χ0v) is 11.8. The number of benzene rings is 1. The van der Waals surface area contributed by atoms with Crippen LogP contribution in [0.5, 0.6) is 0 Å². The molecule has 3 N–H and O–H groups in total. The van der Waals surface area contributed by atoms with Crippen molar-refractivity contribution in [3.8, 4) is 0 Å². The molecule has 4 aromatic rings. The number of hydrogen-bond donors (Lipinski definition) is 3. The molecule has 0 unspecified atom stereocenters. The number of halogens is 1. The van der Waals surface area contributed by atoms with E-state index in [-0.39, 0.29) is 0 Å². The molecule has 5 nitrogen and oxygen atoms in total. The highest BCUT2D eigenvalue weighted by molar-refractivity contribution is 6.31. The molecular weight excluding hydrogens is 286 g/mol. The Morgan fingerprint density at radius 1 is 1.10 bits per heavy atom. The lowest BCUT2D eigenvalue weighted by molar-refractivity contribution is 1.00. The SMILES string of the molecule is Clc1ccc2nc(CNc3ccc4cc[nH]c4n3)[nH]c2c1. The lowest BCUT2D eigenvalue weighted by atomic mass is 10.3. The summed E-state index contributed by atoms with van der Waals surface area (Å²) in [5.74, 6) is 1.66. The largest absolute Gasteiger partial charge is 0.363 e. The Kier molecular flexibility index (Phi) is 2.79. The van der Waals surface area contributed by atoms with Gasteiger partial charge >= 0.3 is 0 Å². The van der Waals surface area contributed by atoms with Crippen molar-refractivity contribution in [2.24, 2.45) is 0 Å². The fourth-order valence-corrected chi connectivity index (χ4v) is 2.49. The van der Waals surface area contributed by atoms with Crippen LogP contribution in [0.1, 0.15) is 5.82 Å². The van der Waals surface area contributed by atoms with Crippen molar-refractivity contribution < 1.29 is 0 Å². The number of anilines is 1. The third-order valence-electron chi connectivity index (χ3n) is 3.34. The van der Waals surface area contributed by atoms with E-state index in [0.717, 1.165) is 33.7 Å². The van der Waals surface area contributed by atoms with Crippen LogP contribution >= 0.6 is 11.6 Å². The standard InChI is InChI=1S/C15H12ClN5/c16-10-2-3-11-12(7-10)20-14(19-11)8-18-13-4-1-9-5-6-17-15(9)21-13/h1-7H,8H2,(H,19,20)(H2,17,18,21). The Hall–Kier alpha value is -2.53. The molecule has 4 rings (SSSR count). The van der Waals surface area contributed by atoms with Crippen LogP contribution in [0.4, 0.5) is 5.82 Å². The van der Waals surface area contributed by atoms with Crippen LogP contribution < -0.4 is 5.32 Å². The van der Waals surface area contributed by atoms with Gasteiger partial charge in [0.05, 0.1) is 17.6 Å². The molecule has 104 valence electrons. The monoisotopic (exact) mass is 297 g/mol. The fourth-order valence-electron chi connectivity index (χ4n) is 2.32. The van der Waals surface area contributed by atoms with Gasteiger partial charge in [-0.05, 0) is 36.4 Å². The van der Waals surface area contributed by atoms with Crippen molar-refractivity contribution in [3.63, 3.8) is 0 Å².